The molecule has 1 saturated heterocycles. The van der Waals surface area contributed by atoms with Gasteiger partial charge >= 0.3 is 0 Å². The summed E-state index contributed by atoms with van der Waals surface area (Å²) in [7, 11) is 0. The van der Waals surface area contributed by atoms with E-state index in [-0.39, 0.29) is 16.6 Å². The minimum Gasteiger partial charge on any atom is -0.375 e. The van der Waals surface area contributed by atoms with Gasteiger partial charge in [0.15, 0.2) is 0 Å². The normalized spacial score (nSPS) is 30.4. The smallest absolute Gasteiger partial charge is 0.112 e. The van der Waals surface area contributed by atoms with Crippen LogP contribution >= 0.6 is 11.3 Å². The minimum absolute atomic E-state index is 0.0834. The molecule has 1 unspecified atom stereocenters. The van der Waals surface area contributed by atoms with Gasteiger partial charge in [0.2, 0.25) is 0 Å². The number of hydrogen-bond acceptors (Lipinski definition) is 5. The first-order chi connectivity index (χ1) is 14.6. The number of nitrogens with one attached hydrogen (secondary N) is 1. The lowest BCUT2D eigenvalue weighted by atomic mass is 9.68. The summed E-state index contributed by atoms with van der Waals surface area (Å²) in [6.45, 7) is 5.76. The van der Waals surface area contributed by atoms with Gasteiger partial charge in [-0.15, -0.1) is 11.3 Å². The summed E-state index contributed by atoms with van der Waals surface area (Å²) >= 11 is 1.84. The van der Waals surface area contributed by atoms with Gasteiger partial charge in [-0.3, -0.25) is 4.98 Å². The molecule has 1 N–H and O–H groups in total. The summed E-state index contributed by atoms with van der Waals surface area (Å²) in [6.07, 6.45) is 11.3. The summed E-state index contributed by atoms with van der Waals surface area (Å²) < 4.78 is 12.6. The van der Waals surface area contributed by atoms with Gasteiger partial charge in [0.25, 0.3) is 0 Å². The first kappa shape index (κ1) is 20.6. The fourth-order valence-electron chi connectivity index (χ4n) is 6.03. The number of aromatic nitrogens is 1. The van der Waals surface area contributed by atoms with E-state index in [1.54, 1.807) is 0 Å². The van der Waals surface area contributed by atoms with Crippen molar-refractivity contribution >= 4 is 11.3 Å². The molecule has 2 atom stereocenters. The zero-order chi connectivity index (χ0) is 20.5. The standard InChI is InChI=1S/C25H34N2O2S/c1-23(22-20(7-15-28-23)8-17-30-22)19-26-14-11-24(21-6-2-5-13-27-21)12-16-29-25(18-24)9-3-4-10-25/h2,5-6,8,13,17,26H,3-4,7,9-12,14-16,18-19H2,1H3/t23?,24-/m1/s1. The number of nitrogens with zero attached hydrogens (tertiary/aromatic N) is 1. The summed E-state index contributed by atoms with van der Waals surface area (Å²) in [5.41, 5.74) is 2.71. The molecule has 4 nitrogen and oxygen atoms in total. The Hall–Kier alpha value is -1.27. The quantitative estimate of drug-likeness (QED) is 0.662. The second kappa shape index (κ2) is 8.34. The van der Waals surface area contributed by atoms with Gasteiger partial charge in [-0.1, -0.05) is 18.9 Å². The van der Waals surface area contributed by atoms with Crippen LogP contribution in [0.1, 0.15) is 68.0 Å². The zero-order valence-electron chi connectivity index (χ0n) is 18.1. The molecule has 1 spiro atoms. The Kier molecular flexibility index (Phi) is 5.74. The van der Waals surface area contributed by atoms with Gasteiger partial charge in [0.05, 0.1) is 12.2 Å². The lowest BCUT2D eigenvalue weighted by Gasteiger charge is -2.46. The Labute approximate surface area is 184 Å². The van der Waals surface area contributed by atoms with E-state index in [1.165, 1.54) is 41.8 Å². The zero-order valence-corrected chi connectivity index (χ0v) is 18.9. The number of pyridine rings is 1. The fraction of sp³-hybridized carbons (Fsp3) is 0.640. The molecule has 30 heavy (non-hydrogen) atoms. The van der Waals surface area contributed by atoms with Crippen molar-refractivity contribution in [2.75, 3.05) is 26.3 Å². The van der Waals surface area contributed by atoms with Crippen LogP contribution in [-0.4, -0.2) is 36.9 Å². The highest BCUT2D eigenvalue weighted by molar-refractivity contribution is 7.10. The number of thiophene rings is 1. The Bertz CT molecular complexity index is 848. The SMILES string of the molecule is CC1(CNCC[C@@]2(c3ccccn3)CCOC3(CCCC3)C2)OCCc2ccsc21. The molecule has 0 bridgehead atoms. The third-order valence-electron chi connectivity index (χ3n) is 7.63. The summed E-state index contributed by atoms with van der Waals surface area (Å²) in [6, 6.07) is 8.67. The van der Waals surface area contributed by atoms with E-state index in [0.717, 1.165) is 52.0 Å². The molecule has 0 radical (unpaired) electrons. The van der Waals surface area contributed by atoms with Crippen LogP contribution < -0.4 is 5.32 Å². The molecular formula is C25H34N2O2S. The molecule has 3 aliphatic rings. The Morgan fingerprint density at radius 3 is 2.83 bits per heavy atom. The first-order valence-electron chi connectivity index (χ1n) is 11.6. The number of rotatable bonds is 6. The van der Waals surface area contributed by atoms with Crippen molar-refractivity contribution in [2.24, 2.45) is 0 Å². The maximum Gasteiger partial charge on any atom is 0.112 e. The highest BCUT2D eigenvalue weighted by Gasteiger charge is 2.48. The van der Waals surface area contributed by atoms with Gasteiger partial charge in [-0.05, 0) is 81.1 Å². The van der Waals surface area contributed by atoms with Crippen molar-refractivity contribution in [3.05, 3.63) is 52.0 Å². The third-order valence-corrected chi connectivity index (χ3v) is 8.84. The summed E-state index contributed by atoms with van der Waals surface area (Å²) in [5.74, 6) is 0. The highest BCUT2D eigenvalue weighted by Crippen LogP contribution is 2.49. The molecule has 2 aromatic rings. The van der Waals surface area contributed by atoms with Crippen LogP contribution in [0.2, 0.25) is 0 Å². The molecule has 2 aromatic heterocycles. The van der Waals surface area contributed by atoms with Crippen LogP contribution in [0, 0.1) is 0 Å². The van der Waals surface area contributed by atoms with E-state index in [9.17, 15) is 0 Å². The van der Waals surface area contributed by atoms with Crippen molar-refractivity contribution in [1.82, 2.24) is 10.3 Å². The van der Waals surface area contributed by atoms with Crippen molar-refractivity contribution < 1.29 is 9.47 Å². The van der Waals surface area contributed by atoms with Crippen LogP contribution in [0.3, 0.4) is 0 Å². The lowest BCUT2D eigenvalue weighted by molar-refractivity contribution is -0.104. The van der Waals surface area contributed by atoms with Gasteiger partial charge < -0.3 is 14.8 Å². The van der Waals surface area contributed by atoms with Crippen molar-refractivity contribution in [1.29, 1.82) is 0 Å². The average molecular weight is 427 g/mol. The molecule has 2 fully saturated rings. The minimum atomic E-state index is -0.206. The third kappa shape index (κ3) is 3.86. The predicted molar refractivity (Wildman–Crippen MR) is 121 cm³/mol. The van der Waals surface area contributed by atoms with Gasteiger partial charge in [-0.2, -0.15) is 0 Å². The van der Waals surface area contributed by atoms with E-state index in [4.69, 9.17) is 14.5 Å². The second-order valence-corrected chi connectivity index (χ2v) is 10.6. The van der Waals surface area contributed by atoms with E-state index in [1.807, 2.05) is 23.6 Å². The molecule has 2 aliphatic heterocycles. The van der Waals surface area contributed by atoms with Gasteiger partial charge in [-0.25, -0.2) is 0 Å². The van der Waals surface area contributed by atoms with Gasteiger partial charge in [0.1, 0.15) is 5.60 Å². The van der Waals surface area contributed by atoms with Crippen LogP contribution in [0.5, 0.6) is 0 Å². The number of fused-ring (bicyclic) bond motifs is 1. The Morgan fingerprint density at radius 2 is 2.00 bits per heavy atom. The molecular weight excluding hydrogens is 392 g/mol. The van der Waals surface area contributed by atoms with Crippen LogP contribution in [0.15, 0.2) is 35.8 Å². The lowest BCUT2D eigenvalue weighted by Crippen LogP contribution is -2.48. The Balaban J connectivity index is 1.29. The number of ether oxygens (including phenoxy) is 2. The maximum absolute atomic E-state index is 6.38. The summed E-state index contributed by atoms with van der Waals surface area (Å²) in [4.78, 5) is 6.23. The van der Waals surface area contributed by atoms with Crippen molar-refractivity contribution in [3.63, 3.8) is 0 Å². The molecule has 5 heteroatoms. The van der Waals surface area contributed by atoms with Crippen LogP contribution in [0.4, 0.5) is 0 Å². The van der Waals surface area contributed by atoms with Crippen LogP contribution in [-0.2, 0) is 26.9 Å². The number of hydrogen-bond donors (Lipinski definition) is 1. The molecule has 0 aromatic carbocycles. The molecule has 5 rings (SSSR count). The van der Waals surface area contributed by atoms with Crippen molar-refractivity contribution in [2.45, 2.75) is 74.9 Å². The maximum atomic E-state index is 6.38. The molecule has 0 amide bonds. The monoisotopic (exact) mass is 426 g/mol. The molecule has 1 aliphatic carbocycles. The van der Waals surface area contributed by atoms with Gasteiger partial charge in [0, 0.05) is 35.3 Å². The van der Waals surface area contributed by atoms with E-state index < -0.39 is 0 Å². The highest BCUT2D eigenvalue weighted by atomic mass is 32.1. The molecule has 162 valence electrons. The van der Waals surface area contributed by atoms with E-state index in [2.05, 4.69) is 35.8 Å². The fourth-order valence-corrected chi connectivity index (χ4v) is 7.10. The Morgan fingerprint density at radius 1 is 1.10 bits per heavy atom. The van der Waals surface area contributed by atoms with Crippen molar-refractivity contribution in [3.8, 4) is 0 Å². The average Bonchev–Trinajstić information content (AvgIpc) is 3.43. The predicted octanol–water partition coefficient (Wildman–Crippen LogP) is 4.97. The second-order valence-electron chi connectivity index (χ2n) is 9.69. The molecule has 1 saturated carbocycles. The largest absolute Gasteiger partial charge is 0.375 e. The topological polar surface area (TPSA) is 43.4 Å². The van der Waals surface area contributed by atoms with Crippen LogP contribution in [0.25, 0.3) is 0 Å². The molecule has 4 heterocycles. The van der Waals surface area contributed by atoms with E-state index >= 15 is 0 Å². The van der Waals surface area contributed by atoms with E-state index in [0.29, 0.717) is 0 Å². The summed E-state index contributed by atoms with van der Waals surface area (Å²) in [5, 5.41) is 5.97. The first-order valence-corrected chi connectivity index (χ1v) is 12.5.